The van der Waals surface area contributed by atoms with Gasteiger partial charge in [-0.3, -0.25) is 4.79 Å². The van der Waals surface area contributed by atoms with E-state index in [0.717, 1.165) is 5.33 Å². The molecule has 1 fully saturated rings. The molecule has 2 rings (SSSR count). The number of aryl methyl sites for hydroxylation is 1. The number of hydrogen-bond donors (Lipinski definition) is 0. The molecule has 0 N–H and O–H groups in total. The van der Waals surface area contributed by atoms with Gasteiger partial charge in [-0.15, -0.1) is 0 Å². The second-order valence-electron chi connectivity index (χ2n) is 4.31. The van der Waals surface area contributed by atoms with Crippen molar-refractivity contribution in [3.63, 3.8) is 0 Å². The Balaban J connectivity index is 2.15. The normalized spacial score (nSPS) is 25.0. The number of morpholine rings is 1. The van der Waals surface area contributed by atoms with Gasteiger partial charge in [0.05, 0.1) is 30.6 Å². The fraction of sp³-hybridized carbons (Fsp3) is 0.583. The standard InChI is InChI=1S/C12H16BrNO3/c1-8-7-17-10(5-13)6-14(8)12(15)11-3-4-16-9(11)2/h3-4,8,10H,5-7H2,1-2H3. The summed E-state index contributed by atoms with van der Waals surface area (Å²) in [5, 5.41) is 0.744. The van der Waals surface area contributed by atoms with Gasteiger partial charge >= 0.3 is 0 Å². The number of halogens is 1. The van der Waals surface area contributed by atoms with Crippen LogP contribution in [0, 0.1) is 6.92 Å². The van der Waals surface area contributed by atoms with E-state index < -0.39 is 0 Å². The van der Waals surface area contributed by atoms with Crippen LogP contribution in [0.2, 0.25) is 0 Å². The molecule has 0 aliphatic carbocycles. The maximum absolute atomic E-state index is 12.3. The molecule has 1 aromatic rings. The van der Waals surface area contributed by atoms with Crippen LogP contribution < -0.4 is 0 Å². The molecule has 0 spiro atoms. The first-order valence-corrected chi connectivity index (χ1v) is 6.78. The zero-order valence-corrected chi connectivity index (χ0v) is 11.6. The zero-order chi connectivity index (χ0) is 12.4. The fourth-order valence-corrected chi connectivity index (χ4v) is 2.35. The highest BCUT2D eigenvalue weighted by Gasteiger charge is 2.30. The molecule has 0 aromatic carbocycles. The Bertz CT molecular complexity index is 404. The van der Waals surface area contributed by atoms with Gasteiger partial charge in [0.25, 0.3) is 5.91 Å². The monoisotopic (exact) mass is 301 g/mol. The van der Waals surface area contributed by atoms with E-state index in [9.17, 15) is 4.79 Å². The highest BCUT2D eigenvalue weighted by atomic mass is 79.9. The first-order valence-electron chi connectivity index (χ1n) is 5.66. The topological polar surface area (TPSA) is 42.7 Å². The van der Waals surface area contributed by atoms with Gasteiger partial charge in [-0.2, -0.15) is 0 Å². The van der Waals surface area contributed by atoms with E-state index in [-0.39, 0.29) is 18.1 Å². The molecule has 0 saturated carbocycles. The molecule has 1 aromatic heterocycles. The second-order valence-corrected chi connectivity index (χ2v) is 4.95. The van der Waals surface area contributed by atoms with Crippen LogP contribution in [0.3, 0.4) is 0 Å². The summed E-state index contributed by atoms with van der Waals surface area (Å²) in [5.41, 5.74) is 0.645. The predicted molar refractivity (Wildman–Crippen MR) is 67.5 cm³/mol. The lowest BCUT2D eigenvalue weighted by Gasteiger charge is -2.37. The third-order valence-corrected chi connectivity index (χ3v) is 3.75. The summed E-state index contributed by atoms with van der Waals surface area (Å²) >= 11 is 3.39. The summed E-state index contributed by atoms with van der Waals surface area (Å²) in [5.74, 6) is 0.696. The number of carbonyl (C=O) groups excluding carboxylic acids is 1. The number of rotatable bonds is 2. The van der Waals surface area contributed by atoms with Crippen LogP contribution in [0.15, 0.2) is 16.7 Å². The molecule has 2 atom stereocenters. The van der Waals surface area contributed by atoms with Crippen molar-refractivity contribution in [3.8, 4) is 0 Å². The molecule has 5 heteroatoms. The van der Waals surface area contributed by atoms with Crippen molar-refractivity contribution in [2.24, 2.45) is 0 Å². The zero-order valence-electron chi connectivity index (χ0n) is 9.98. The minimum absolute atomic E-state index is 0.0259. The van der Waals surface area contributed by atoms with Gasteiger partial charge in [0.15, 0.2) is 0 Å². The third-order valence-electron chi connectivity index (χ3n) is 3.03. The van der Waals surface area contributed by atoms with E-state index >= 15 is 0 Å². The minimum Gasteiger partial charge on any atom is -0.469 e. The molecule has 0 bridgehead atoms. The van der Waals surface area contributed by atoms with Gasteiger partial charge in [0.2, 0.25) is 0 Å². The van der Waals surface area contributed by atoms with Crippen LogP contribution in [0.5, 0.6) is 0 Å². The Kier molecular flexibility index (Phi) is 3.89. The van der Waals surface area contributed by atoms with E-state index in [1.807, 2.05) is 11.8 Å². The summed E-state index contributed by atoms with van der Waals surface area (Å²) in [6.45, 7) is 5.01. The van der Waals surface area contributed by atoms with Crippen LogP contribution in [-0.2, 0) is 4.74 Å². The first kappa shape index (κ1) is 12.6. The number of furan rings is 1. The third kappa shape index (κ3) is 2.55. The highest BCUT2D eigenvalue weighted by Crippen LogP contribution is 2.19. The summed E-state index contributed by atoms with van der Waals surface area (Å²) in [6, 6.07) is 1.83. The van der Waals surface area contributed by atoms with E-state index in [2.05, 4.69) is 15.9 Å². The van der Waals surface area contributed by atoms with Crippen molar-refractivity contribution in [3.05, 3.63) is 23.7 Å². The molecular weight excluding hydrogens is 286 g/mol. The maximum atomic E-state index is 12.3. The molecular formula is C12H16BrNO3. The van der Waals surface area contributed by atoms with Gasteiger partial charge < -0.3 is 14.1 Å². The Hall–Kier alpha value is -0.810. The Labute approximate surface area is 109 Å². The lowest BCUT2D eigenvalue weighted by molar-refractivity contribution is -0.0362. The number of hydrogen-bond acceptors (Lipinski definition) is 3. The SMILES string of the molecule is Cc1occc1C(=O)N1CC(CBr)OCC1C. The molecule has 1 aliphatic heterocycles. The molecule has 4 nitrogen and oxygen atoms in total. The van der Waals surface area contributed by atoms with Crippen molar-refractivity contribution in [2.45, 2.75) is 26.0 Å². The average molecular weight is 302 g/mol. The number of ether oxygens (including phenoxy) is 1. The summed E-state index contributed by atoms with van der Waals surface area (Å²) in [6.07, 6.45) is 1.62. The maximum Gasteiger partial charge on any atom is 0.257 e. The lowest BCUT2D eigenvalue weighted by atomic mass is 10.1. The quantitative estimate of drug-likeness (QED) is 0.787. The van der Waals surface area contributed by atoms with Gasteiger partial charge in [-0.05, 0) is 19.9 Å². The van der Waals surface area contributed by atoms with Crippen LogP contribution in [0.4, 0.5) is 0 Å². The van der Waals surface area contributed by atoms with Crippen molar-refractivity contribution in [1.29, 1.82) is 0 Å². The number of nitrogens with zero attached hydrogens (tertiary/aromatic N) is 1. The molecule has 2 heterocycles. The van der Waals surface area contributed by atoms with Gasteiger partial charge in [0, 0.05) is 11.9 Å². The Morgan fingerprint density at radius 3 is 3.00 bits per heavy atom. The minimum atomic E-state index is 0.0259. The van der Waals surface area contributed by atoms with E-state index in [4.69, 9.17) is 9.15 Å². The molecule has 2 unspecified atom stereocenters. The molecule has 17 heavy (non-hydrogen) atoms. The highest BCUT2D eigenvalue weighted by molar-refractivity contribution is 9.09. The smallest absolute Gasteiger partial charge is 0.257 e. The molecule has 94 valence electrons. The first-order chi connectivity index (χ1) is 8.13. The molecule has 0 radical (unpaired) electrons. The lowest BCUT2D eigenvalue weighted by Crippen LogP contribution is -2.51. The molecule has 1 saturated heterocycles. The van der Waals surface area contributed by atoms with Gasteiger partial charge in [-0.1, -0.05) is 15.9 Å². The summed E-state index contributed by atoms with van der Waals surface area (Å²) in [7, 11) is 0. The van der Waals surface area contributed by atoms with E-state index in [1.165, 1.54) is 0 Å². The molecule has 1 amide bonds. The second kappa shape index (κ2) is 5.23. The van der Waals surface area contributed by atoms with Crippen molar-refractivity contribution >= 4 is 21.8 Å². The van der Waals surface area contributed by atoms with Crippen LogP contribution in [0.25, 0.3) is 0 Å². The van der Waals surface area contributed by atoms with Crippen molar-refractivity contribution in [2.75, 3.05) is 18.5 Å². The number of amides is 1. The Morgan fingerprint density at radius 2 is 2.41 bits per heavy atom. The van der Waals surface area contributed by atoms with E-state index in [1.54, 1.807) is 19.3 Å². The van der Waals surface area contributed by atoms with Crippen LogP contribution in [-0.4, -0.2) is 41.4 Å². The predicted octanol–water partition coefficient (Wildman–Crippen LogP) is 2.21. The largest absolute Gasteiger partial charge is 0.469 e. The van der Waals surface area contributed by atoms with Gasteiger partial charge in [-0.25, -0.2) is 0 Å². The van der Waals surface area contributed by atoms with Gasteiger partial charge in [0.1, 0.15) is 5.76 Å². The van der Waals surface area contributed by atoms with Crippen LogP contribution in [0.1, 0.15) is 23.0 Å². The Morgan fingerprint density at radius 1 is 1.65 bits per heavy atom. The fourth-order valence-electron chi connectivity index (χ4n) is 1.96. The van der Waals surface area contributed by atoms with Crippen molar-refractivity contribution < 1.29 is 13.9 Å². The average Bonchev–Trinajstić information content (AvgIpc) is 2.75. The number of carbonyl (C=O) groups is 1. The summed E-state index contributed by atoms with van der Waals surface area (Å²) in [4.78, 5) is 14.2. The van der Waals surface area contributed by atoms with Crippen molar-refractivity contribution in [1.82, 2.24) is 4.90 Å². The summed E-state index contributed by atoms with van der Waals surface area (Å²) < 4.78 is 10.8. The number of alkyl halides is 1. The molecule has 1 aliphatic rings. The van der Waals surface area contributed by atoms with Crippen LogP contribution >= 0.6 is 15.9 Å². The van der Waals surface area contributed by atoms with E-state index in [0.29, 0.717) is 24.5 Å².